The van der Waals surface area contributed by atoms with E-state index in [1.54, 1.807) is 0 Å². The predicted octanol–water partition coefficient (Wildman–Crippen LogP) is 15.1. The number of allylic oxidation sites excluding steroid dienone is 4. The van der Waals surface area contributed by atoms with Gasteiger partial charge in [0.15, 0.2) is 0 Å². The van der Waals surface area contributed by atoms with Gasteiger partial charge in [0.1, 0.15) is 0 Å². The van der Waals surface area contributed by atoms with E-state index in [1.807, 2.05) is 6.08 Å². The topological polar surface area (TPSA) is 3.24 Å². The fraction of sp³-hybridized carbons (Fsp3) is 0.0741. The fourth-order valence-electron chi connectivity index (χ4n) is 8.57. The van der Waals surface area contributed by atoms with Crippen LogP contribution in [0, 0.1) is 0 Å². The highest BCUT2D eigenvalue weighted by Crippen LogP contribution is 2.49. The van der Waals surface area contributed by atoms with Crippen molar-refractivity contribution in [3.05, 3.63) is 218 Å². The SMILES string of the molecule is C=C/C=C(\C=C/C)N(c1ccc(-c2ccc3c(c2)C(C)(C)c2ccccc2-3)cc1)c1ccc(-c2ccc3c(-c4ccccc4)cc4ccccc4c3c2)cc1. The third kappa shape index (κ3) is 5.99. The second-order valence-electron chi connectivity index (χ2n) is 15.0. The van der Waals surface area contributed by atoms with Crippen molar-refractivity contribution in [2.24, 2.45) is 0 Å². The molecule has 55 heavy (non-hydrogen) atoms. The van der Waals surface area contributed by atoms with Gasteiger partial charge in [0.25, 0.3) is 0 Å². The van der Waals surface area contributed by atoms with Gasteiger partial charge in [-0.2, -0.15) is 0 Å². The summed E-state index contributed by atoms with van der Waals surface area (Å²) in [5.74, 6) is 0. The Hall–Kier alpha value is -6.70. The van der Waals surface area contributed by atoms with E-state index in [0.717, 1.165) is 17.1 Å². The molecule has 0 N–H and O–H groups in total. The number of benzene rings is 8. The van der Waals surface area contributed by atoms with Crippen molar-refractivity contribution in [3.63, 3.8) is 0 Å². The summed E-state index contributed by atoms with van der Waals surface area (Å²) in [5, 5.41) is 5.05. The predicted molar refractivity (Wildman–Crippen MR) is 237 cm³/mol. The van der Waals surface area contributed by atoms with Crippen LogP contribution in [0.15, 0.2) is 206 Å². The smallest absolute Gasteiger partial charge is 0.0462 e. The molecule has 0 bridgehead atoms. The largest absolute Gasteiger partial charge is 0.311 e. The van der Waals surface area contributed by atoms with Crippen molar-refractivity contribution in [3.8, 4) is 44.5 Å². The highest BCUT2D eigenvalue weighted by molar-refractivity contribution is 6.14. The Balaban J connectivity index is 1.07. The summed E-state index contributed by atoms with van der Waals surface area (Å²) in [4.78, 5) is 2.30. The first-order valence-corrected chi connectivity index (χ1v) is 19.2. The van der Waals surface area contributed by atoms with Crippen molar-refractivity contribution in [2.75, 3.05) is 4.90 Å². The summed E-state index contributed by atoms with van der Waals surface area (Å²) in [6, 6.07) is 62.3. The maximum Gasteiger partial charge on any atom is 0.0462 e. The van der Waals surface area contributed by atoms with Gasteiger partial charge >= 0.3 is 0 Å². The Morgan fingerprint density at radius 2 is 1.09 bits per heavy atom. The zero-order valence-electron chi connectivity index (χ0n) is 31.6. The molecule has 0 saturated carbocycles. The van der Waals surface area contributed by atoms with Crippen LogP contribution in [0.3, 0.4) is 0 Å². The minimum atomic E-state index is -0.0343. The maximum atomic E-state index is 4.05. The molecule has 0 aliphatic heterocycles. The van der Waals surface area contributed by atoms with Crippen LogP contribution in [0.1, 0.15) is 31.9 Å². The number of rotatable bonds is 8. The van der Waals surface area contributed by atoms with E-state index in [4.69, 9.17) is 0 Å². The lowest BCUT2D eigenvalue weighted by Crippen LogP contribution is -2.15. The molecular formula is C54H43N. The zero-order chi connectivity index (χ0) is 37.5. The Kier molecular flexibility index (Phi) is 8.64. The lowest BCUT2D eigenvalue weighted by Gasteiger charge is -2.27. The molecule has 0 amide bonds. The van der Waals surface area contributed by atoms with E-state index in [0.29, 0.717) is 0 Å². The zero-order valence-corrected chi connectivity index (χ0v) is 31.6. The van der Waals surface area contributed by atoms with Crippen LogP contribution in [0.25, 0.3) is 66.1 Å². The Morgan fingerprint density at radius 3 is 1.80 bits per heavy atom. The Bertz CT molecular complexity index is 2780. The second kappa shape index (κ2) is 13.9. The van der Waals surface area contributed by atoms with Crippen LogP contribution in [-0.4, -0.2) is 0 Å². The van der Waals surface area contributed by atoms with Crippen LogP contribution in [0.4, 0.5) is 11.4 Å². The van der Waals surface area contributed by atoms with Crippen molar-refractivity contribution >= 4 is 32.9 Å². The first kappa shape index (κ1) is 34.1. The Morgan fingerprint density at radius 1 is 0.491 bits per heavy atom. The van der Waals surface area contributed by atoms with Crippen molar-refractivity contribution in [1.29, 1.82) is 0 Å². The van der Waals surface area contributed by atoms with Gasteiger partial charge in [-0.25, -0.2) is 0 Å². The van der Waals surface area contributed by atoms with Crippen LogP contribution < -0.4 is 4.90 Å². The fourth-order valence-corrected chi connectivity index (χ4v) is 8.57. The van der Waals surface area contributed by atoms with Gasteiger partial charge in [0, 0.05) is 22.5 Å². The quantitative estimate of drug-likeness (QED) is 0.112. The number of hydrogen-bond donors (Lipinski definition) is 0. The van der Waals surface area contributed by atoms with Gasteiger partial charge in [-0.15, -0.1) is 0 Å². The summed E-state index contributed by atoms with van der Waals surface area (Å²) >= 11 is 0. The third-order valence-corrected chi connectivity index (χ3v) is 11.3. The van der Waals surface area contributed by atoms with E-state index in [1.165, 1.54) is 77.2 Å². The van der Waals surface area contributed by atoms with Gasteiger partial charge in [-0.1, -0.05) is 160 Å². The molecule has 0 saturated heterocycles. The summed E-state index contributed by atoms with van der Waals surface area (Å²) in [6.07, 6.45) is 8.15. The number of fused-ring (bicyclic) bond motifs is 6. The van der Waals surface area contributed by atoms with Gasteiger partial charge in [0.2, 0.25) is 0 Å². The molecule has 0 radical (unpaired) electrons. The number of anilines is 2. The van der Waals surface area contributed by atoms with E-state index < -0.39 is 0 Å². The van der Waals surface area contributed by atoms with Crippen LogP contribution in [-0.2, 0) is 5.41 Å². The molecule has 0 aromatic heterocycles. The molecule has 1 nitrogen and oxygen atoms in total. The Labute approximate surface area is 324 Å². The standard InChI is InChI=1S/C54H43N/c1-5-14-43(15-6-2)55(45-30-24-38(25-31-45)41-27-33-49-48-20-12-13-21-52(48)54(3,4)53(49)36-41)44-28-22-37(23-29-44)40-26-32-47-50(39-16-8-7-9-17-39)35-42-18-10-11-19-46(42)51(47)34-40/h5-36H,1H2,2-4H3/b15-6-,43-14+. The molecule has 9 rings (SSSR count). The van der Waals surface area contributed by atoms with Gasteiger partial charge < -0.3 is 4.90 Å². The van der Waals surface area contributed by atoms with E-state index in [9.17, 15) is 0 Å². The van der Waals surface area contributed by atoms with Crippen molar-refractivity contribution in [1.82, 2.24) is 0 Å². The maximum absolute atomic E-state index is 4.05. The van der Waals surface area contributed by atoms with Crippen molar-refractivity contribution in [2.45, 2.75) is 26.2 Å². The van der Waals surface area contributed by atoms with Crippen LogP contribution >= 0.6 is 0 Å². The lowest BCUT2D eigenvalue weighted by atomic mass is 9.81. The third-order valence-electron chi connectivity index (χ3n) is 11.3. The molecule has 1 aliphatic carbocycles. The normalized spacial score (nSPS) is 13.3. The first-order valence-electron chi connectivity index (χ1n) is 19.2. The summed E-state index contributed by atoms with van der Waals surface area (Å²) in [7, 11) is 0. The second-order valence-corrected chi connectivity index (χ2v) is 15.0. The van der Waals surface area contributed by atoms with Crippen LogP contribution in [0.2, 0.25) is 0 Å². The summed E-state index contributed by atoms with van der Waals surface area (Å²) in [5.41, 5.74) is 16.0. The average Bonchev–Trinajstić information content (AvgIpc) is 3.46. The van der Waals surface area contributed by atoms with E-state index in [-0.39, 0.29) is 5.41 Å². The molecule has 8 aromatic rings. The minimum absolute atomic E-state index is 0.0343. The molecule has 0 fully saturated rings. The molecule has 0 unspecified atom stereocenters. The highest BCUT2D eigenvalue weighted by Gasteiger charge is 2.35. The highest BCUT2D eigenvalue weighted by atomic mass is 15.1. The molecule has 1 heteroatoms. The monoisotopic (exact) mass is 705 g/mol. The summed E-state index contributed by atoms with van der Waals surface area (Å²) in [6.45, 7) is 10.8. The number of nitrogens with zero attached hydrogens (tertiary/aromatic N) is 1. The average molecular weight is 706 g/mol. The molecular weight excluding hydrogens is 663 g/mol. The number of hydrogen-bond acceptors (Lipinski definition) is 1. The first-order chi connectivity index (χ1) is 26.9. The van der Waals surface area contributed by atoms with Gasteiger partial charge in [-0.3, -0.25) is 0 Å². The van der Waals surface area contributed by atoms with Gasteiger partial charge in [-0.05, 0) is 139 Å². The molecule has 1 aliphatic rings. The molecule has 8 aromatic carbocycles. The van der Waals surface area contributed by atoms with E-state index >= 15 is 0 Å². The van der Waals surface area contributed by atoms with Crippen LogP contribution in [0.5, 0.6) is 0 Å². The molecule has 0 heterocycles. The molecule has 0 spiro atoms. The minimum Gasteiger partial charge on any atom is -0.311 e. The lowest BCUT2D eigenvalue weighted by molar-refractivity contribution is 0.660. The van der Waals surface area contributed by atoms with E-state index in [2.05, 4.69) is 220 Å². The summed E-state index contributed by atoms with van der Waals surface area (Å²) < 4.78 is 0. The molecule has 0 atom stereocenters. The van der Waals surface area contributed by atoms with Gasteiger partial charge in [0.05, 0.1) is 0 Å². The molecule has 264 valence electrons. The van der Waals surface area contributed by atoms with Crippen molar-refractivity contribution < 1.29 is 0 Å².